The average Bonchev–Trinajstić information content (AvgIpc) is 2.05. The van der Waals surface area contributed by atoms with Crippen LogP contribution in [0, 0.1) is 0 Å². The van der Waals surface area contributed by atoms with Crippen LogP contribution in [0.2, 0.25) is 0 Å². The van der Waals surface area contributed by atoms with E-state index in [9.17, 15) is 9.46 Å². The van der Waals surface area contributed by atoms with E-state index in [0.717, 1.165) is 24.7 Å². The molecule has 0 N–H and O–H groups in total. The van der Waals surface area contributed by atoms with E-state index < -0.39 is 8.25 Å². The van der Waals surface area contributed by atoms with Crippen LogP contribution in [0.4, 0.5) is 0 Å². The van der Waals surface area contributed by atoms with Crippen molar-refractivity contribution in [1.29, 1.82) is 0 Å². The second kappa shape index (κ2) is 9.03. The van der Waals surface area contributed by atoms with Crippen molar-refractivity contribution in [3.05, 3.63) is 25.3 Å². The molecule has 1 atom stereocenters. The molecule has 1 unspecified atom stereocenters. The van der Waals surface area contributed by atoms with Crippen molar-refractivity contribution in [2.24, 2.45) is 0 Å². The largest absolute Gasteiger partial charge is 0.566 e. The van der Waals surface area contributed by atoms with Gasteiger partial charge in [0.25, 0.3) is 0 Å². The van der Waals surface area contributed by atoms with E-state index in [0.29, 0.717) is 0 Å². The summed E-state index contributed by atoms with van der Waals surface area (Å²) < 4.78 is 13.8. The van der Waals surface area contributed by atoms with Gasteiger partial charge < -0.3 is 9.38 Å². The van der Waals surface area contributed by atoms with Crippen molar-refractivity contribution < 1.29 is 18.5 Å². The Morgan fingerprint density at radius 2 is 1.64 bits per heavy atom. The molecule has 0 aliphatic carbocycles. The smallest absolute Gasteiger partial charge is 0.488 e. The van der Waals surface area contributed by atoms with Gasteiger partial charge in [-0.1, -0.05) is 13.2 Å². The fourth-order valence-corrected chi connectivity index (χ4v) is 0.774. The van der Waals surface area contributed by atoms with Crippen molar-refractivity contribution in [2.45, 2.75) is 0 Å². The van der Waals surface area contributed by atoms with Crippen LogP contribution in [0.5, 0.6) is 0 Å². The van der Waals surface area contributed by atoms with Gasteiger partial charge >= 0.3 is 8.25 Å². The van der Waals surface area contributed by atoms with Gasteiger partial charge in [-0.3, -0.25) is 0 Å². The molecule has 0 aromatic heterocycles. The predicted molar refractivity (Wildman–Crippen MR) is 56.9 cm³/mol. The Kier molecular flexibility index (Phi) is 10.3. The maximum atomic E-state index is 9.18. The Morgan fingerprint density at radius 1 is 1.36 bits per heavy atom. The molecule has 0 aromatic carbocycles. The van der Waals surface area contributed by atoms with E-state index in [1.165, 1.54) is 0 Å². The van der Waals surface area contributed by atoms with Crippen LogP contribution in [-0.4, -0.2) is 38.8 Å². The van der Waals surface area contributed by atoms with Crippen LogP contribution in [0.1, 0.15) is 0 Å². The minimum absolute atomic E-state index is 0.951. The molecule has 5 heteroatoms. The highest BCUT2D eigenvalue weighted by Gasteiger charge is 2.07. The molecule has 0 aliphatic rings. The summed E-state index contributed by atoms with van der Waals surface area (Å²) in [5.74, 6) is 0. The molecule has 0 aliphatic heterocycles. The highest BCUT2D eigenvalue weighted by atomic mass is 31.1. The summed E-state index contributed by atoms with van der Waals surface area (Å²) in [4.78, 5) is 9.18. The zero-order valence-corrected chi connectivity index (χ0v) is 10.00. The maximum absolute atomic E-state index is 9.18. The monoisotopic (exact) mass is 220 g/mol. The lowest BCUT2D eigenvalue weighted by Crippen LogP contribution is -2.39. The Hall–Kier alpha value is -0.540. The van der Waals surface area contributed by atoms with Gasteiger partial charge in [-0.2, -0.15) is 4.52 Å². The molecular weight excluding hydrogens is 201 g/mol. The summed E-state index contributed by atoms with van der Waals surface area (Å²) in [5, 5.41) is 0. The number of likely N-dealkylation sites (N-methyl/N-ethyl adjacent to an activating group) is 1. The van der Waals surface area contributed by atoms with Gasteiger partial charge in [0.05, 0.1) is 34.3 Å². The standard InChI is InChI=1S/C8H16N.CH3O3P/c1-5-7-9(3,4)8-6-2;1-4-5(2)3/h5-6H,1-2,7-8H2,3-4H3;1H3/q+1;. The van der Waals surface area contributed by atoms with E-state index in [4.69, 9.17) is 0 Å². The fourth-order valence-electron chi connectivity index (χ4n) is 0.774. The Morgan fingerprint density at radius 3 is 1.79 bits per heavy atom. The van der Waals surface area contributed by atoms with Crippen molar-refractivity contribution >= 4 is 8.25 Å². The molecule has 0 spiro atoms. The van der Waals surface area contributed by atoms with Crippen LogP contribution in [0.3, 0.4) is 0 Å². The van der Waals surface area contributed by atoms with E-state index in [1.807, 2.05) is 12.2 Å². The van der Waals surface area contributed by atoms with Crippen molar-refractivity contribution in [3.8, 4) is 0 Å². The molecule has 0 saturated carbocycles. The molecular formula is C9H19NO3P+. The minimum Gasteiger partial charge on any atom is -0.566 e. The van der Waals surface area contributed by atoms with Gasteiger partial charge in [0.1, 0.15) is 0 Å². The maximum Gasteiger partial charge on any atom is 0.488 e. The van der Waals surface area contributed by atoms with Crippen molar-refractivity contribution in [1.82, 2.24) is 0 Å². The second-order valence-corrected chi connectivity index (χ2v) is 4.10. The van der Waals surface area contributed by atoms with Gasteiger partial charge in [0.2, 0.25) is 0 Å². The highest BCUT2D eigenvalue weighted by molar-refractivity contribution is 7.30. The fraction of sp³-hybridized carbons (Fsp3) is 0.556. The molecule has 0 heterocycles. The second-order valence-electron chi connectivity index (χ2n) is 3.28. The lowest BCUT2D eigenvalue weighted by atomic mass is 10.4. The first kappa shape index (κ1) is 15.9. The Bertz CT molecular complexity index is 180. The molecule has 0 aromatic rings. The first-order valence-corrected chi connectivity index (χ1v) is 5.21. The highest BCUT2D eigenvalue weighted by Crippen LogP contribution is 2.02. The first-order chi connectivity index (χ1) is 6.39. The first-order valence-electron chi connectivity index (χ1n) is 4.12. The number of hydrogen-bond acceptors (Lipinski definition) is 3. The van der Waals surface area contributed by atoms with E-state index in [-0.39, 0.29) is 0 Å². The summed E-state index contributed by atoms with van der Waals surface area (Å²) in [6, 6.07) is 0. The third kappa shape index (κ3) is 14.0. The van der Waals surface area contributed by atoms with Crippen LogP contribution in [0.15, 0.2) is 25.3 Å². The van der Waals surface area contributed by atoms with Gasteiger partial charge in [0, 0.05) is 0 Å². The SMILES string of the molecule is C=CC[N+](C)(C)CC=C.CO[P+](=O)[O-]. The topological polar surface area (TPSA) is 49.4 Å². The van der Waals surface area contributed by atoms with Crippen LogP contribution in [-0.2, 0) is 9.09 Å². The molecule has 4 nitrogen and oxygen atoms in total. The van der Waals surface area contributed by atoms with Gasteiger partial charge in [-0.05, 0) is 16.7 Å². The quantitative estimate of drug-likeness (QED) is 0.396. The zero-order valence-electron chi connectivity index (χ0n) is 9.10. The molecule has 14 heavy (non-hydrogen) atoms. The van der Waals surface area contributed by atoms with Crippen molar-refractivity contribution in [2.75, 3.05) is 34.3 Å². The predicted octanol–water partition coefficient (Wildman–Crippen LogP) is 1.09. The number of rotatable bonds is 5. The van der Waals surface area contributed by atoms with Crippen LogP contribution < -0.4 is 4.89 Å². The molecule has 0 rings (SSSR count). The summed E-state index contributed by atoms with van der Waals surface area (Å²) in [6.07, 6.45) is 3.87. The van der Waals surface area contributed by atoms with E-state index in [2.05, 4.69) is 31.8 Å². The molecule has 0 saturated heterocycles. The molecule has 0 bridgehead atoms. The Labute approximate surface area is 87.0 Å². The third-order valence-electron chi connectivity index (χ3n) is 1.40. The molecule has 0 radical (unpaired) electrons. The molecule has 0 amide bonds. The number of hydrogen-bond donors (Lipinski definition) is 0. The molecule has 82 valence electrons. The van der Waals surface area contributed by atoms with E-state index in [1.54, 1.807) is 0 Å². The minimum atomic E-state index is -2.60. The zero-order chi connectivity index (χ0) is 11.6. The van der Waals surface area contributed by atoms with Crippen molar-refractivity contribution in [3.63, 3.8) is 0 Å². The van der Waals surface area contributed by atoms with Crippen LogP contribution in [0.25, 0.3) is 0 Å². The summed E-state index contributed by atoms with van der Waals surface area (Å²) in [7, 11) is 2.82. The lowest BCUT2D eigenvalue weighted by Gasteiger charge is -2.26. The van der Waals surface area contributed by atoms with Gasteiger partial charge in [-0.15, -0.1) is 0 Å². The lowest BCUT2D eigenvalue weighted by molar-refractivity contribution is -0.878. The molecule has 0 fully saturated rings. The van der Waals surface area contributed by atoms with Gasteiger partial charge in [0.15, 0.2) is 0 Å². The summed E-state index contributed by atoms with van der Waals surface area (Å²) in [5.41, 5.74) is 0. The summed E-state index contributed by atoms with van der Waals surface area (Å²) in [6.45, 7) is 9.37. The average molecular weight is 220 g/mol. The van der Waals surface area contributed by atoms with Gasteiger partial charge in [-0.25, -0.2) is 0 Å². The number of nitrogens with zero attached hydrogens (tertiary/aromatic N) is 1. The third-order valence-corrected chi connectivity index (χ3v) is 1.69. The Balaban J connectivity index is 0. The van der Waals surface area contributed by atoms with E-state index >= 15 is 0 Å². The summed E-state index contributed by atoms with van der Waals surface area (Å²) >= 11 is 0. The number of quaternary nitrogens is 1. The normalized spacial score (nSPS) is 11.0. The van der Waals surface area contributed by atoms with Crippen LogP contribution >= 0.6 is 8.25 Å².